The SMILES string of the molecule is CCN(c1ccc(F)cc1)C1CCNCC1C. The van der Waals surface area contributed by atoms with Gasteiger partial charge in [0.25, 0.3) is 0 Å². The lowest BCUT2D eigenvalue weighted by Gasteiger charge is -2.40. The minimum Gasteiger partial charge on any atom is -0.368 e. The van der Waals surface area contributed by atoms with E-state index in [1.165, 1.54) is 0 Å². The van der Waals surface area contributed by atoms with Crippen LogP contribution < -0.4 is 10.2 Å². The van der Waals surface area contributed by atoms with E-state index >= 15 is 0 Å². The highest BCUT2D eigenvalue weighted by atomic mass is 19.1. The molecule has 0 amide bonds. The van der Waals surface area contributed by atoms with Gasteiger partial charge in [0.1, 0.15) is 5.82 Å². The molecule has 0 aliphatic carbocycles. The highest BCUT2D eigenvalue weighted by molar-refractivity contribution is 5.47. The Labute approximate surface area is 103 Å². The minimum absolute atomic E-state index is 0.164. The summed E-state index contributed by atoms with van der Waals surface area (Å²) in [5.74, 6) is 0.469. The molecule has 0 bridgehead atoms. The average Bonchev–Trinajstić information content (AvgIpc) is 2.35. The van der Waals surface area contributed by atoms with Crippen molar-refractivity contribution in [1.82, 2.24) is 5.32 Å². The van der Waals surface area contributed by atoms with Gasteiger partial charge < -0.3 is 10.2 Å². The second-order valence-electron chi connectivity index (χ2n) is 4.80. The van der Waals surface area contributed by atoms with Crippen LogP contribution in [0.2, 0.25) is 0 Å². The normalized spacial score (nSPS) is 24.6. The Morgan fingerprint density at radius 2 is 2.06 bits per heavy atom. The van der Waals surface area contributed by atoms with E-state index in [-0.39, 0.29) is 5.82 Å². The fourth-order valence-electron chi connectivity index (χ4n) is 2.70. The van der Waals surface area contributed by atoms with Gasteiger partial charge in [0.05, 0.1) is 0 Å². The zero-order valence-corrected chi connectivity index (χ0v) is 10.6. The number of hydrogen-bond acceptors (Lipinski definition) is 2. The van der Waals surface area contributed by atoms with E-state index in [1.807, 2.05) is 12.1 Å². The molecule has 3 heteroatoms. The second-order valence-corrected chi connectivity index (χ2v) is 4.80. The third-order valence-electron chi connectivity index (χ3n) is 3.64. The van der Waals surface area contributed by atoms with E-state index < -0.39 is 0 Å². The Kier molecular flexibility index (Phi) is 4.00. The lowest BCUT2D eigenvalue weighted by atomic mass is 9.93. The maximum Gasteiger partial charge on any atom is 0.123 e. The number of anilines is 1. The fourth-order valence-corrected chi connectivity index (χ4v) is 2.70. The third kappa shape index (κ3) is 2.78. The summed E-state index contributed by atoms with van der Waals surface area (Å²) >= 11 is 0. The van der Waals surface area contributed by atoms with Gasteiger partial charge >= 0.3 is 0 Å². The largest absolute Gasteiger partial charge is 0.368 e. The van der Waals surface area contributed by atoms with E-state index in [9.17, 15) is 4.39 Å². The molecule has 1 saturated heterocycles. The van der Waals surface area contributed by atoms with Gasteiger partial charge in [-0.25, -0.2) is 4.39 Å². The van der Waals surface area contributed by atoms with E-state index in [1.54, 1.807) is 12.1 Å². The monoisotopic (exact) mass is 236 g/mol. The lowest BCUT2D eigenvalue weighted by molar-refractivity contribution is 0.333. The zero-order valence-electron chi connectivity index (χ0n) is 10.6. The van der Waals surface area contributed by atoms with Gasteiger partial charge in [-0.3, -0.25) is 0 Å². The van der Waals surface area contributed by atoms with Crippen LogP contribution in [-0.2, 0) is 0 Å². The van der Waals surface area contributed by atoms with Crippen LogP contribution in [0.1, 0.15) is 20.3 Å². The Bertz CT molecular complexity index is 350. The molecular formula is C14H21FN2. The fraction of sp³-hybridized carbons (Fsp3) is 0.571. The first-order chi connectivity index (χ1) is 8.22. The average molecular weight is 236 g/mol. The molecule has 1 fully saturated rings. The molecule has 1 aromatic carbocycles. The van der Waals surface area contributed by atoms with E-state index in [0.717, 1.165) is 31.7 Å². The quantitative estimate of drug-likeness (QED) is 0.868. The molecular weight excluding hydrogens is 215 g/mol. The van der Waals surface area contributed by atoms with Crippen LogP contribution in [0.25, 0.3) is 0 Å². The van der Waals surface area contributed by atoms with Gasteiger partial charge in [0.15, 0.2) is 0 Å². The molecule has 2 atom stereocenters. The highest BCUT2D eigenvalue weighted by Gasteiger charge is 2.26. The summed E-state index contributed by atoms with van der Waals surface area (Å²) in [6.07, 6.45) is 1.16. The van der Waals surface area contributed by atoms with Crippen molar-refractivity contribution < 1.29 is 4.39 Å². The number of hydrogen-bond donors (Lipinski definition) is 1. The first kappa shape index (κ1) is 12.4. The molecule has 0 saturated carbocycles. The number of halogens is 1. The highest BCUT2D eigenvalue weighted by Crippen LogP contribution is 2.24. The standard InChI is InChI=1S/C14H21FN2/c1-3-17(13-6-4-12(15)5-7-13)14-8-9-16-10-11(14)2/h4-7,11,14,16H,3,8-10H2,1-2H3. The second kappa shape index (κ2) is 5.50. The lowest BCUT2D eigenvalue weighted by Crippen LogP contribution is -2.48. The van der Waals surface area contributed by atoms with Gasteiger partial charge in [0, 0.05) is 18.3 Å². The summed E-state index contributed by atoms with van der Waals surface area (Å²) in [6.45, 7) is 7.57. The van der Waals surface area contributed by atoms with Crippen LogP contribution in [0.4, 0.5) is 10.1 Å². The summed E-state index contributed by atoms with van der Waals surface area (Å²) in [4.78, 5) is 2.39. The first-order valence-electron chi connectivity index (χ1n) is 6.45. The smallest absolute Gasteiger partial charge is 0.123 e. The molecule has 1 aliphatic rings. The molecule has 0 radical (unpaired) electrons. The Morgan fingerprint density at radius 1 is 1.35 bits per heavy atom. The maximum atomic E-state index is 12.9. The van der Waals surface area contributed by atoms with Crippen molar-refractivity contribution in [2.24, 2.45) is 5.92 Å². The predicted molar refractivity (Wildman–Crippen MR) is 69.9 cm³/mol. The molecule has 17 heavy (non-hydrogen) atoms. The Morgan fingerprint density at radius 3 is 2.65 bits per heavy atom. The van der Waals surface area contributed by atoms with Crippen molar-refractivity contribution in [1.29, 1.82) is 0 Å². The van der Waals surface area contributed by atoms with Crippen LogP contribution in [0.5, 0.6) is 0 Å². The number of nitrogens with one attached hydrogen (secondary N) is 1. The van der Waals surface area contributed by atoms with Crippen molar-refractivity contribution in [3.63, 3.8) is 0 Å². The molecule has 2 unspecified atom stereocenters. The number of piperidine rings is 1. The van der Waals surface area contributed by atoms with Gasteiger partial charge in [-0.1, -0.05) is 6.92 Å². The molecule has 1 heterocycles. The molecule has 2 rings (SSSR count). The molecule has 1 N–H and O–H groups in total. The van der Waals surface area contributed by atoms with Gasteiger partial charge in [0.2, 0.25) is 0 Å². The topological polar surface area (TPSA) is 15.3 Å². The van der Waals surface area contributed by atoms with Crippen LogP contribution >= 0.6 is 0 Å². The van der Waals surface area contributed by atoms with E-state index in [0.29, 0.717) is 12.0 Å². The van der Waals surface area contributed by atoms with Crippen molar-refractivity contribution in [3.8, 4) is 0 Å². The number of benzene rings is 1. The summed E-state index contributed by atoms with van der Waals surface area (Å²) < 4.78 is 12.9. The van der Waals surface area contributed by atoms with Gasteiger partial charge in [-0.05, 0) is 56.6 Å². The predicted octanol–water partition coefficient (Wildman–Crippen LogP) is 2.65. The summed E-state index contributed by atoms with van der Waals surface area (Å²) in [5, 5.41) is 3.42. The first-order valence-corrected chi connectivity index (χ1v) is 6.45. The molecule has 1 aliphatic heterocycles. The van der Waals surface area contributed by atoms with Gasteiger partial charge in [-0.2, -0.15) is 0 Å². The molecule has 2 nitrogen and oxygen atoms in total. The maximum absolute atomic E-state index is 12.9. The summed E-state index contributed by atoms with van der Waals surface area (Å²) in [5.41, 5.74) is 1.13. The molecule has 1 aromatic rings. The van der Waals surface area contributed by atoms with Crippen LogP contribution in [0.3, 0.4) is 0 Å². The summed E-state index contributed by atoms with van der Waals surface area (Å²) in [6, 6.07) is 7.42. The summed E-state index contributed by atoms with van der Waals surface area (Å²) in [7, 11) is 0. The van der Waals surface area contributed by atoms with Crippen molar-refractivity contribution in [3.05, 3.63) is 30.1 Å². The number of nitrogens with zero attached hydrogens (tertiary/aromatic N) is 1. The minimum atomic E-state index is -0.164. The molecule has 0 spiro atoms. The molecule has 0 aromatic heterocycles. The van der Waals surface area contributed by atoms with Crippen LogP contribution in [0.15, 0.2) is 24.3 Å². The van der Waals surface area contributed by atoms with Crippen LogP contribution in [0, 0.1) is 11.7 Å². The van der Waals surface area contributed by atoms with Crippen LogP contribution in [-0.4, -0.2) is 25.7 Å². The van der Waals surface area contributed by atoms with E-state index in [4.69, 9.17) is 0 Å². The van der Waals surface area contributed by atoms with Crippen molar-refractivity contribution in [2.45, 2.75) is 26.3 Å². The van der Waals surface area contributed by atoms with Crippen molar-refractivity contribution >= 4 is 5.69 Å². The number of rotatable bonds is 3. The Hall–Kier alpha value is -1.09. The van der Waals surface area contributed by atoms with Crippen molar-refractivity contribution in [2.75, 3.05) is 24.5 Å². The van der Waals surface area contributed by atoms with Gasteiger partial charge in [-0.15, -0.1) is 0 Å². The van der Waals surface area contributed by atoms with E-state index in [2.05, 4.69) is 24.1 Å². The zero-order chi connectivity index (χ0) is 12.3. The third-order valence-corrected chi connectivity index (χ3v) is 3.64. The molecule has 94 valence electrons. The Balaban J connectivity index is 2.17.